The molecular formula is C8H10BrN. The highest BCUT2D eigenvalue weighted by molar-refractivity contribution is 9.10. The van der Waals surface area contributed by atoms with E-state index in [4.69, 9.17) is 0 Å². The fraction of sp³-hybridized carbons (Fsp3) is 0.375. The smallest absolute Gasteiger partial charge is 0.0313 e. The molecule has 0 amide bonds. The number of halogens is 1. The van der Waals surface area contributed by atoms with Crippen LogP contribution in [0, 0.1) is 0 Å². The molecule has 0 aromatic carbocycles. The summed E-state index contributed by atoms with van der Waals surface area (Å²) in [6, 6.07) is 1.97. The number of pyridine rings is 1. The van der Waals surface area contributed by atoms with Crippen LogP contribution in [-0.2, 0) is 0 Å². The molecule has 1 aromatic heterocycles. The molecule has 0 aliphatic rings. The highest BCUT2D eigenvalue weighted by Gasteiger charge is 2.01. The maximum Gasteiger partial charge on any atom is 0.0313 e. The standard InChI is InChI=1S/C8H10BrN/c1-6(2)7-5-10-4-3-8(7)9/h3-6H,1-2H3. The van der Waals surface area contributed by atoms with Crippen LogP contribution in [0.25, 0.3) is 0 Å². The van der Waals surface area contributed by atoms with Crippen LogP contribution >= 0.6 is 15.9 Å². The van der Waals surface area contributed by atoms with Gasteiger partial charge in [-0.15, -0.1) is 0 Å². The third-order valence-electron chi connectivity index (χ3n) is 1.42. The monoisotopic (exact) mass is 199 g/mol. The number of aromatic nitrogens is 1. The highest BCUT2D eigenvalue weighted by atomic mass is 79.9. The second-order valence-electron chi connectivity index (χ2n) is 2.55. The number of nitrogens with zero attached hydrogens (tertiary/aromatic N) is 1. The maximum atomic E-state index is 4.04. The molecule has 1 nitrogen and oxygen atoms in total. The minimum absolute atomic E-state index is 0.545. The lowest BCUT2D eigenvalue weighted by Gasteiger charge is -2.05. The summed E-state index contributed by atoms with van der Waals surface area (Å²) in [5, 5.41) is 0. The molecule has 2 heteroatoms. The third-order valence-corrected chi connectivity index (χ3v) is 2.14. The van der Waals surface area contributed by atoms with Crippen molar-refractivity contribution in [1.29, 1.82) is 0 Å². The Hall–Kier alpha value is -0.370. The van der Waals surface area contributed by atoms with E-state index in [1.165, 1.54) is 5.56 Å². The van der Waals surface area contributed by atoms with Crippen LogP contribution in [0.15, 0.2) is 22.9 Å². The molecule has 0 unspecified atom stereocenters. The van der Waals surface area contributed by atoms with E-state index in [2.05, 4.69) is 34.8 Å². The largest absolute Gasteiger partial charge is 0.264 e. The molecule has 0 radical (unpaired) electrons. The number of hydrogen-bond acceptors (Lipinski definition) is 1. The average molecular weight is 200 g/mol. The zero-order valence-corrected chi connectivity index (χ0v) is 7.72. The summed E-state index contributed by atoms with van der Waals surface area (Å²) in [4.78, 5) is 4.04. The minimum Gasteiger partial charge on any atom is -0.264 e. The molecule has 0 atom stereocenters. The van der Waals surface area contributed by atoms with Crippen molar-refractivity contribution in [1.82, 2.24) is 4.98 Å². The van der Waals surface area contributed by atoms with Crippen LogP contribution in [-0.4, -0.2) is 4.98 Å². The van der Waals surface area contributed by atoms with Gasteiger partial charge < -0.3 is 0 Å². The van der Waals surface area contributed by atoms with E-state index in [9.17, 15) is 0 Å². The average Bonchev–Trinajstić information content (AvgIpc) is 1.88. The fourth-order valence-corrected chi connectivity index (χ4v) is 1.49. The Labute approximate surface area is 69.6 Å². The predicted molar refractivity (Wildman–Crippen MR) is 46.0 cm³/mol. The summed E-state index contributed by atoms with van der Waals surface area (Å²) in [6.45, 7) is 4.31. The third kappa shape index (κ3) is 1.57. The van der Waals surface area contributed by atoms with Crippen molar-refractivity contribution in [3.05, 3.63) is 28.5 Å². The molecular weight excluding hydrogens is 190 g/mol. The Balaban J connectivity index is 3.03. The second kappa shape index (κ2) is 3.15. The van der Waals surface area contributed by atoms with Crippen molar-refractivity contribution in [2.45, 2.75) is 19.8 Å². The van der Waals surface area contributed by atoms with Gasteiger partial charge in [0.2, 0.25) is 0 Å². The van der Waals surface area contributed by atoms with Gasteiger partial charge in [-0.1, -0.05) is 29.8 Å². The lowest BCUT2D eigenvalue weighted by molar-refractivity contribution is 0.852. The molecule has 0 fully saturated rings. The van der Waals surface area contributed by atoms with Crippen LogP contribution in [0.1, 0.15) is 25.3 Å². The Morgan fingerprint density at radius 2 is 2.20 bits per heavy atom. The van der Waals surface area contributed by atoms with Gasteiger partial charge in [-0.25, -0.2) is 0 Å². The van der Waals surface area contributed by atoms with Gasteiger partial charge >= 0.3 is 0 Å². The second-order valence-corrected chi connectivity index (χ2v) is 3.41. The molecule has 1 aromatic rings. The van der Waals surface area contributed by atoms with Gasteiger partial charge in [0.05, 0.1) is 0 Å². The Morgan fingerprint density at radius 3 is 2.60 bits per heavy atom. The first-order valence-corrected chi connectivity index (χ1v) is 4.10. The molecule has 0 N–H and O–H groups in total. The predicted octanol–water partition coefficient (Wildman–Crippen LogP) is 2.97. The zero-order valence-electron chi connectivity index (χ0n) is 6.13. The Bertz CT molecular complexity index is 220. The van der Waals surface area contributed by atoms with Gasteiger partial charge in [-0.05, 0) is 17.5 Å². The fourth-order valence-electron chi connectivity index (χ4n) is 0.815. The normalized spacial score (nSPS) is 10.4. The Kier molecular flexibility index (Phi) is 2.44. The summed E-state index contributed by atoms with van der Waals surface area (Å²) in [5.41, 5.74) is 1.27. The lowest BCUT2D eigenvalue weighted by Crippen LogP contribution is -1.88. The van der Waals surface area contributed by atoms with E-state index in [0.29, 0.717) is 5.92 Å². The van der Waals surface area contributed by atoms with Gasteiger partial charge in [0.15, 0.2) is 0 Å². The van der Waals surface area contributed by atoms with E-state index in [0.717, 1.165) is 4.47 Å². The summed E-state index contributed by atoms with van der Waals surface area (Å²) in [6.07, 6.45) is 3.69. The van der Waals surface area contributed by atoms with Crippen molar-refractivity contribution in [2.24, 2.45) is 0 Å². The van der Waals surface area contributed by atoms with Gasteiger partial charge in [-0.2, -0.15) is 0 Å². The van der Waals surface area contributed by atoms with Gasteiger partial charge in [-0.3, -0.25) is 4.98 Å². The minimum atomic E-state index is 0.545. The number of rotatable bonds is 1. The molecule has 0 aliphatic heterocycles. The summed E-state index contributed by atoms with van der Waals surface area (Å²) < 4.78 is 1.15. The zero-order chi connectivity index (χ0) is 7.56. The molecule has 0 saturated heterocycles. The first-order chi connectivity index (χ1) is 4.72. The highest BCUT2D eigenvalue weighted by Crippen LogP contribution is 2.22. The Morgan fingerprint density at radius 1 is 1.50 bits per heavy atom. The van der Waals surface area contributed by atoms with Crippen molar-refractivity contribution in [2.75, 3.05) is 0 Å². The molecule has 54 valence electrons. The quantitative estimate of drug-likeness (QED) is 0.679. The van der Waals surface area contributed by atoms with E-state index in [-0.39, 0.29) is 0 Å². The SMILES string of the molecule is CC(C)c1cnccc1Br. The lowest BCUT2D eigenvalue weighted by atomic mass is 10.1. The molecule has 1 rings (SSSR count). The molecule has 1 heterocycles. The van der Waals surface area contributed by atoms with E-state index < -0.39 is 0 Å². The van der Waals surface area contributed by atoms with Crippen molar-refractivity contribution < 1.29 is 0 Å². The number of hydrogen-bond donors (Lipinski definition) is 0. The van der Waals surface area contributed by atoms with Crippen molar-refractivity contribution >= 4 is 15.9 Å². The van der Waals surface area contributed by atoms with Gasteiger partial charge in [0.1, 0.15) is 0 Å². The first-order valence-electron chi connectivity index (χ1n) is 3.31. The topological polar surface area (TPSA) is 12.9 Å². The van der Waals surface area contributed by atoms with Gasteiger partial charge in [0, 0.05) is 16.9 Å². The molecule has 0 saturated carbocycles. The van der Waals surface area contributed by atoms with Crippen LogP contribution in [0.4, 0.5) is 0 Å². The van der Waals surface area contributed by atoms with Crippen LogP contribution in [0.5, 0.6) is 0 Å². The first kappa shape index (κ1) is 7.73. The molecule has 0 aliphatic carbocycles. The van der Waals surface area contributed by atoms with Crippen LogP contribution in [0.2, 0.25) is 0 Å². The van der Waals surface area contributed by atoms with Crippen LogP contribution < -0.4 is 0 Å². The van der Waals surface area contributed by atoms with Crippen molar-refractivity contribution in [3.63, 3.8) is 0 Å². The van der Waals surface area contributed by atoms with Crippen LogP contribution in [0.3, 0.4) is 0 Å². The van der Waals surface area contributed by atoms with E-state index in [1.54, 1.807) is 6.20 Å². The molecule has 10 heavy (non-hydrogen) atoms. The summed E-state index contributed by atoms with van der Waals surface area (Å²) >= 11 is 3.46. The van der Waals surface area contributed by atoms with Crippen molar-refractivity contribution in [3.8, 4) is 0 Å². The maximum absolute atomic E-state index is 4.04. The summed E-state index contributed by atoms with van der Waals surface area (Å²) in [5.74, 6) is 0.545. The summed E-state index contributed by atoms with van der Waals surface area (Å²) in [7, 11) is 0. The van der Waals surface area contributed by atoms with E-state index in [1.807, 2.05) is 12.3 Å². The van der Waals surface area contributed by atoms with E-state index >= 15 is 0 Å². The molecule has 0 bridgehead atoms. The van der Waals surface area contributed by atoms with Gasteiger partial charge in [0.25, 0.3) is 0 Å². The molecule has 0 spiro atoms.